The summed E-state index contributed by atoms with van der Waals surface area (Å²) >= 11 is 0. The topological polar surface area (TPSA) is 82.7 Å². The molecule has 1 amide bonds. The van der Waals surface area contributed by atoms with Gasteiger partial charge in [-0.15, -0.1) is 0 Å². The number of hydrogen-bond donors (Lipinski definition) is 3. The minimum Gasteiger partial charge on any atom is -0.373 e. The number of benzene rings is 1. The maximum Gasteiger partial charge on any atom is 0.300 e. The molecule has 0 aliphatic rings. The molecule has 0 fully saturated rings. The number of amides is 1. The largest absolute Gasteiger partial charge is 0.373 e. The molecule has 0 unspecified atom stereocenters. The first-order chi connectivity index (χ1) is 14.2. The van der Waals surface area contributed by atoms with Crippen LogP contribution in [-0.4, -0.2) is 27.9 Å². The van der Waals surface area contributed by atoms with E-state index in [9.17, 15) is 4.79 Å². The molecule has 29 heavy (non-hydrogen) atoms. The molecule has 0 aliphatic heterocycles. The first-order valence-electron chi connectivity index (χ1n) is 9.13. The highest BCUT2D eigenvalue weighted by Gasteiger charge is 2.10. The zero-order valence-corrected chi connectivity index (χ0v) is 16.1. The maximum atomic E-state index is 11.7. The first kappa shape index (κ1) is 18.3. The number of pyridine rings is 2. The van der Waals surface area contributed by atoms with E-state index in [1.807, 2.05) is 55.8 Å². The molecule has 142 valence electrons. The first-order valence-corrected chi connectivity index (χ1v) is 9.13. The van der Waals surface area contributed by atoms with E-state index in [4.69, 9.17) is 0 Å². The summed E-state index contributed by atoms with van der Waals surface area (Å²) in [6.07, 6.45) is 5.56. The van der Waals surface area contributed by atoms with Crippen LogP contribution in [0.5, 0.6) is 0 Å². The molecule has 0 saturated carbocycles. The van der Waals surface area contributed by atoms with Crippen molar-refractivity contribution in [3.8, 4) is 34.1 Å². The van der Waals surface area contributed by atoms with E-state index in [0.29, 0.717) is 5.69 Å². The lowest BCUT2D eigenvalue weighted by Crippen LogP contribution is -2.08. The van der Waals surface area contributed by atoms with Gasteiger partial charge in [0.25, 0.3) is 5.91 Å². The summed E-state index contributed by atoms with van der Waals surface area (Å²) in [6.45, 7) is 1.63. The molecule has 3 heterocycles. The highest BCUT2D eigenvalue weighted by molar-refractivity contribution is 6.04. The number of hydrogen-bond acceptors (Lipinski definition) is 4. The lowest BCUT2D eigenvalue weighted by atomic mass is 10.0. The van der Waals surface area contributed by atoms with Crippen LogP contribution < -0.4 is 10.6 Å². The van der Waals surface area contributed by atoms with Gasteiger partial charge in [0.05, 0.1) is 0 Å². The number of aromatic nitrogens is 3. The van der Waals surface area contributed by atoms with Crippen LogP contribution in [0.15, 0.2) is 61.1 Å². The van der Waals surface area contributed by atoms with Crippen LogP contribution in [0, 0.1) is 11.8 Å². The Hall–Kier alpha value is -4.11. The highest BCUT2D eigenvalue weighted by Crippen LogP contribution is 2.32. The second-order valence-corrected chi connectivity index (χ2v) is 6.41. The minimum absolute atomic E-state index is 0.329. The molecule has 4 rings (SSSR count). The zero-order chi connectivity index (χ0) is 20.2. The number of nitrogens with one attached hydrogen (secondary N) is 3. The fourth-order valence-electron chi connectivity index (χ4n) is 3.19. The summed E-state index contributed by atoms with van der Waals surface area (Å²) in [5.41, 5.74) is 5.52. The third kappa shape index (κ3) is 3.80. The Labute approximate surface area is 168 Å². The summed E-state index contributed by atoms with van der Waals surface area (Å²) in [4.78, 5) is 23.8. The van der Waals surface area contributed by atoms with Gasteiger partial charge in [-0.25, -0.2) is 9.97 Å². The molecule has 0 bridgehead atoms. The summed E-state index contributed by atoms with van der Waals surface area (Å²) in [7, 11) is 1.85. The van der Waals surface area contributed by atoms with E-state index in [2.05, 4.69) is 43.5 Å². The predicted octanol–water partition coefficient (Wildman–Crippen LogP) is 4.30. The molecule has 3 N–H and O–H groups in total. The zero-order valence-electron chi connectivity index (χ0n) is 16.1. The Morgan fingerprint density at radius 3 is 2.79 bits per heavy atom. The molecular formula is C23H19N5O. The van der Waals surface area contributed by atoms with Crippen LogP contribution >= 0.6 is 0 Å². The number of fused-ring (bicyclic) bond motifs is 1. The van der Waals surface area contributed by atoms with E-state index < -0.39 is 0 Å². The predicted molar refractivity (Wildman–Crippen MR) is 116 cm³/mol. The van der Waals surface area contributed by atoms with E-state index in [-0.39, 0.29) is 5.91 Å². The highest BCUT2D eigenvalue weighted by atomic mass is 16.1. The average Bonchev–Trinajstić information content (AvgIpc) is 3.17. The van der Waals surface area contributed by atoms with Crippen molar-refractivity contribution in [3.63, 3.8) is 0 Å². The number of carbonyl (C=O) groups is 1. The standard InChI is InChI=1S/C23H19N5O/c1-3-5-22(29)28-18-7-4-6-15(10-18)17-11-19-20(14-27-23(19)26-13-17)16-8-9-25-21(12-16)24-2/h4,6-14H,1-2H3,(H,24,25)(H,26,27)(H,28,29). The Bertz CT molecular complexity index is 1260. The van der Waals surface area contributed by atoms with Gasteiger partial charge in [0.1, 0.15) is 11.5 Å². The molecule has 0 aliphatic carbocycles. The second kappa shape index (κ2) is 7.87. The van der Waals surface area contributed by atoms with Gasteiger partial charge in [-0.1, -0.05) is 18.1 Å². The van der Waals surface area contributed by atoms with Gasteiger partial charge in [-0.05, 0) is 54.3 Å². The van der Waals surface area contributed by atoms with Crippen molar-refractivity contribution in [3.05, 3.63) is 61.1 Å². The summed E-state index contributed by atoms with van der Waals surface area (Å²) in [5.74, 6) is 5.55. The second-order valence-electron chi connectivity index (χ2n) is 6.41. The van der Waals surface area contributed by atoms with Crippen LogP contribution in [0.3, 0.4) is 0 Å². The van der Waals surface area contributed by atoms with E-state index in [1.165, 1.54) is 0 Å². The number of anilines is 2. The van der Waals surface area contributed by atoms with Crippen molar-refractivity contribution in [2.75, 3.05) is 17.7 Å². The number of H-pyrrole nitrogens is 1. The van der Waals surface area contributed by atoms with Gasteiger partial charge in [0.2, 0.25) is 0 Å². The molecule has 0 saturated heterocycles. The van der Waals surface area contributed by atoms with Gasteiger partial charge in [0.15, 0.2) is 0 Å². The third-order valence-corrected chi connectivity index (χ3v) is 4.55. The van der Waals surface area contributed by atoms with Gasteiger partial charge >= 0.3 is 0 Å². The van der Waals surface area contributed by atoms with Crippen molar-refractivity contribution in [1.82, 2.24) is 15.0 Å². The number of aromatic amines is 1. The Morgan fingerprint density at radius 2 is 1.97 bits per heavy atom. The summed E-state index contributed by atoms with van der Waals surface area (Å²) in [5, 5.41) is 6.86. The van der Waals surface area contributed by atoms with Crippen LogP contribution in [0.2, 0.25) is 0 Å². The molecule has 0 atom stereocenters. The monoisotopic (exact) mass is 381 g/mol. The maximum absolute atomic E-state index is 11.7. The van der Waals surface area contributed by atoms with Crippen LogP contribution in [0.4, 0.5) is 11.5 Å². The van der Waals surface area contributed by atoms with Crippen LogP contribution in [0.25, 0.3) is 33.3 Å². The molecule has 6 nitrogen and oxygen atoms in total. The van der Waals surface area contributed by atoms with Gasteiger partial charge < -0.3 is 15.6 Å². The molecule has 3 aromatic heterocycles. The number of nitrogens with zero attached hydrogens (tertiary/aromatic N) is 2. The van der Waals surface area contributed by atoms with Gasteiger partial charge in [-0.3, -0.25) is 4.79 Å². The average molecular weight is 381 g/mol. The van der Waals surface area contributed by atoms with Gasteiger partial charge in [0, 0.05) is 47.8 Å². The number of carbonyl (C=O) groups excluding carboxylic acids is 1. The lowest BCUT2D eigenvalue weighted by Gasteiger charge is -2.07. The molecule has 0 spiro atoms. The van der Waals surface area contributed by atoms with Crippen molar-refractivity contribution >= 4 is 28.4 Å². The third-order valence-electron chi connectivity index (χ3n) is 4.55. The van der Waals surface area contributed by atoms with E-state index in [1.54, 1.807) is 13.1 Å². The molecule has 1 aromatic carbocycles. The van der Waals surface area contributed by atoms with Crippen molar-refractivity contribution in [2.24, 2.45) is 0 Å². The van der Waals surface area contributed by atoms with E-state index in [0.717, 1.165) is 39.1 Å². The minimum atomic E-state index is -0.329. The van der Waals surface area contributed by atoms with E-state index >= 15 is 0 Å². The Balaban J connectivity index is 1.74. The molecule has 0 radical (unpaired) electrons. The summed E-state index contributed by atoms with van der Waals surface area (Å²) < 4.78 is 0. The lowest BCUT2D eigenvalue weighted by molar-refractivity contribution is -0.111. The SMILES string of the molecule is CC#CC(=O)Nc1cccc(-c2cnc3[nH]cc(-c4ccnc(NC)c4)c3c2)c1. The van der Waals surface area contributed by atoms with Crippen LogP contribution in [-0.2, 0) is 4.79 Å². The quantitative estimate of drug-likeness (QED) is 0.461. The molecule has 4 aromatic rings. The van der Waals surface area contributed by atoms with Crippen LogP contribution in [0.1, 0.15) is 6.92 Å². The van der Waals surface area contributed by atoms with Gasteiger partial charge in [-0.2, -0.15) is 0 Å². The fourth-order valence-corrected chi connectivity index (χ4v) is 3.19. The van der Waals surface area contributed by atoms with Crippen molar-refractivity contribution < 1.29 is 4.79 Å². The molecule has 6 heteroatoms. The Morgan fingerprint density at radius 1 is 1.07 bits per heavy atom. The molecular weight excluding hydrogens is 362 g/mol. The normalized spacial score (nSPS) is 10.3. The number of rotatable bonds is 4. The Kier molecular flexibility index (Phi) is 4.95. The fraction of sp³-hybridized carbons (Fsp3) is 0.0870. The van der Waals surface area contributed by atoms with Crippen molar-refractivity contribution in [1.29, 1.82) is 0 Å². The summed E-state index contributed by atoms with van der Waals surface area (Å²) in [6, 6.07) is 13.7. The smallest absolute Gasteiger partial charge is 0.300 e. The van der Waals surface area contributed by atoms with Crippen molar-refractivity contribution in [2.45, 2.75) is 6.92 Å².